The molecule has 0 unspecified atom stereocenters. The monoisotopic (exact) mass is 360 g/mol. The van der Waals surface area contributed by atoms with Crippen molar-refractivity contribution in [2.45, 2.75) is 19.5 Å². The third-order valence-electron chi connectivity index (χ3n) is 3.53. The van der Waals surface area contributed by atoms with Crippen LogP contribution in [0.3, 0.4) is 0 Å². The van der Waals surface area contributed by atoms with E-state index in [0.29, 0.717) is 11.1 Å². The maximum absolute atomic E-state index is 12.7. The van der Waals surface area contributed by atoms with Gasteiger partial charge in [-0.05, 0) is 35.8 Å². The van der Waals surface area contributed by atoms with Crippen molar-refractivity contribution in [1.29, 1.82) is 0 Å². The molecule has 2 aromatic carbocycles. The lowest BCUT2D eigenvalue weighted by molar-refractivity contribution is -0.142. The fourth-order valence-corrected chi connectivity index (χ4v) is 2.29. The van der Waals surface area contributed by atoms with Crippen LogP contribution in [0.25, 0.3) is 12.2 Å². The molecule has 136 valence electrons. The van der Waals surface area contributed by atoms with E-state index in [-0.39, 0.29) is 19.0 Å². The maximum atomic E-state index is 12.7. The first-order valence-corrected chi connectivity index (χ1v) is 8.15. The standard InChI is InChI=1S/C21H19F3O2/c1-2-26-20(25)15-18(9-8-16-6-4-3-5-7-16)14-17-10-12-19(13-11-17)21(22,23)24/h3-14H,2,15H2,1H3/b9-8+,18-14-. The highest BCUT2D eigenvalue weighted by molar-refractivity contribution is 5.77. The van der Waals surface area contributed by atoms with E-state index in [2.05, 4.69) is 0 Å². The molecule has 2 aromatic rings. The number of rotatable bonds is 6. The van der Waals surface area contributed by atoms with Gasteiger partial charge in [-0.25, -0.2) is 0 Å². The highest BCUT2D eigenvalue weighted by atomic mass is 19.4. The molecule has 5 heteroatoms. The van der Waals surface area contributed by atoms with E-state index in [4.69, 9.17) is 4.74 Å². The Labute approximate surface area is 150 Å². The molecule has 0 aliphatic rings. The predicted octanol–water partition coefficient (Wildman–Crippen LogP) is 5.76. The Morgan fingerprint density at radius 1 is 1.00 bits per heavy atom. The minimum Gasteiger partial charge on any atom is -0.466 e. The SMILES string of the molecule is CCOC(=O)CC(/C=C/c1ccccc1)=C\c1ccc(C(F)(F)F)cc1. The van der Waals surface area contributed by atoms with Gasteiger partial charge >= 0.3 is 12.1 Å². The molecule has 0 N–H and O–H groups in total. The van der Waals surface area contributed by atoms with Gasteiger partial charge in [0, 0.05) is 0 Å². The summed E-state index contributed by atoms with van der Waals surface area (Å²) in [5.74, 6) is -0.386. The summed E-state index contributed by atoms with van der Waals surface area (Å²) in [5.41, 5.74) is 1.47. The van der Waals surface area contributed by atoms with Gasteiger partial charge in [0.05, 0.1) is 18.6 Å². The molecule has 2 nitrogen and oxygen atoms in total. The van der Waals surface area contributed by atoms with Gasteiger partial charge in [-0.2, -0.15) is 13.2 Å². The first-order chi connectivity index (χ1) is 12.4. The van der Waals surface area contributed by atoms with E-state index in [0.717, 1.165) is 17.7 Å². The summed E-state index contributed by atoms with van der Waals surface area (Å²) >= 11 is 0. The maximum Gasteiger partial charge on any atom is 0.416 e. The third-order valence-corrected chi connectivity index (χ3v) is 3.53. The molecule has 2 rings (SSSR count). The van der Waals surface area contributed by atoms with E-state index in [9.17, 15) is 18.0 Å². The number of halogens is 3. The zero-order chi connectivity index (χ0) is 19.0. The minimum atomic E-state index is -4.37. The van der Waals surface area contributed by atoms with Crippen LogP contribution in [0, 0.1) is 0 Å². The quantitative estimate of drug-likeness (QED) is 0.484. The minimum absolute atomic E-state index is 0.0399. The van der Waals surface area contributed by atoms with Crippen LogP contribution >= 0.6 is 0 Å². The molecule has 0 spiro atoms. The normalized spacial score (nSPS) is 12.4. The Bertz CT molecular complexity index is 773. The molecule has 0 amide bonds. The van der Waals surface area contributed by atoms with E-state index in [1.165, 1.54) is 12.1 Å². The first kappa shape index (κ1) is 19.5. The van der Waals surface area contributed by atoms with Gasteiger partial charge in [0.25, 0.3) is 0 Å². The molecule has 0 heterocycles. The highest BCUT2D eigenvalue weighted by Crippen LogP contribution is 2.29. The second kappa shape index (κ2) is 9.04. The summed E-state index contributed by atoms with van der Waals surface area (Å²) < 4.78 is 42.9. The summed E-state index contributed by atoms with van der Waals surface area (Å²) in [6.07, 6.45) is 0.955. The number of hydrogen-bond acceptors (Lipinski definition) is 2. The van der Waals surface area contributed by atoms with Crippen LogP contribution in [0.2, 0.25) is 0 Å². The molecule has 0 radical (unpaired) electrons. The summed E-state index contributed by atoms with van der Waals surface area (Å²) in [5, 5.41) is 0. The highest BCUT2D eigenvalue weighted by Gasteiger charge is 2.29. The fraction of sp³-hybridized carbons (Fsp3) is 0.190. The van der Waals surface area contributed by atoms with Crippen molar-refractivity contribution in [2.24, 2.45) is 0 Å². The molecule has 0 aromatic heterocycles. The van der Waals surface area contributed by atoms with E-state index in [1.807, 2.05) is 36.4 Å². The Morgan fingerprint density at radius 3 is 2.23 bits per heavy atom. The zero-order valence-corrected chi connectivity index (χ0v) is 14.3. The number of alkyl halides is 3. The van der Waals surface area contributed by atoms with Crippen molar-refractivity contribution in [2.75, 3.05) is 6.61 Å². The van der Waals surface area contributed by atoms with Crippen LogP contribution in [0.5, 0.6) is 0 Å². The Morgan fingerprint density at radius 2 is 1.65 bits per heavy atom. The number of esters is 1. The molecule has 0 bridgehead atoms. The van der Waals surface area contributed by atoms with E-state index < -0.39 is 11.7 Å². The number of allylic oxidation sites excluding steroid dienone is 1. The fourth-order valence-electron chi connectivity index (χ4n) is 2.29. The number of hydrogen-bond donors (Lipinski definition) is 0. The van der Waals surface area contributed by atoms with Crippen molar-refractivity contribution in [1.82, 2.24) is 0 Å². The largest absolute Gasteiger partial charge is 0.466 e. The summed E-state index contributed by atoms with van der Waals surface area (Å²) in [4.78, 5) is 11.8. The second-order valence-electron chi connectivity index (χ2n) is 5.56. The number of ether oxygens (including phenoxy) is 1. The van der Waals surface area contributed by atoms with Crippen LogP contribution in [0.15, 0.2) is 66.2 Å². The van der Waals surface area contributed by atoms with Crippen molar-refractivity contribution in [3.63, 3.8) is 0 Å². The third kappa shape index (κ3) is 6.24. The summed E-state index contributed by atoms with van der Waals surface area (Å²) in [7, 11) is 0. The topological polar surface area (TPSA) is 26.3 Å². The second-order valence-corrected chi connectivity index (χ2v) is 5.56. The van der Waals surface area contributed by atoms with Crippen molar-refractivity contribution >= 4 is 18.1 Å². The number of benzene rings is 2. The zero-order valence-electron chi connectivity index (χ0n) is 14.3. The first-order valence-electron chi connectivity index (χ1n) is 8.15. The molecule has 26 heavy (non-hydrogen) atoms. The van der Waals surface area contributed by atoms with Crippen LogP contribution in [0.4, 0.5) is 13.2 Å². The van der Waals surface area contributed by atoms with Crippen molar-refractivity contribution < 1.29 is 22.7 Å². The number of carbonyl (C=O) groups is 1. The molecule has 0 saturated heterocycles. The van der Waals surface area contributed by atoms with E-state index >= 15 is 0 Å². The lowest BCUT2D eigenvalue weighted by Gasteiger charge is -2.07. The van der Waals surface area contributed by atoms with E-state index in [1.54, 1.807) is 19.1 Å². The van der Waals surface area contributed by atoms with Crippen LogP contribution in [-0.4, -0.2) is 12.6 Å². The molecule has 0 aliphatic heterocycles. The average molecular weight is 360 g/mol. The lowest BCUT2D eigenvalue weighted by atomic mass is 10.0. The molecule has 0 fully saturated rings. The molecule has 0 saturated carbocycles. The van der Waals surface area contributed by atoms with Crippen molar-refractivity contribution in [3.8, 4) is 0 Å². The van der Waals surface area contributed by atoms with Gasteiger partial charge in [0.15, 0.2) is 0 Å². The molecule has 0 atom stereocenters. The van der Waals surface area contributed by atoms with Gasteiger partial charge in [0.1, 0.15) is 0 Å². The molecular weight excluding hydrogens is 341 g/mol. The molecular formula is C21H19F3O2. The van der Waals surface area contributed by atoms with Crippen LogP contribution in [0.1, 0.15) is 30.0 Å². The number of carbonyl (C=O) groups excluding carboxylic acids is 1. The van der Waals surface area contributed by atoms with Crippen LogP contribution in [-0.2, 0) is 15.7 Å². The summed E-state index contributed by atoms with van der Waals surface area (Å²) in [6.45, 7) is 1.99. The van der Waals surface area contributed by atoms with Crippen LogP contribution < -0.4 is 0 Å². The van der Waals surface area contributed by atoms with Gasteiger partial charge in [0.2, 0.25) is 0 Å². The van der Waals surface area contributed by atoms with Gasteiger partial charge < -0.3 is 4.74 Å². The van der Waals surface area contributed by atoms with Gasteiger partial charge in [-0.15, -0.1) is 0 Å². The van der Waals surface area contributed by atoms with Gasteiger partial charge in [-0.3, -0.25) is 4.79 Å². The average Bonchev–Trinajstić information content (AvgIpc) is 2.60. The lowest BCUT2D eigenvalue weighted by Crippen LogP contribution is -2.05. The Hall–Kier alpha value is -2.82. The smallest absolute Gasteiger partial charge is 0.416 e. The van der Waals surface area contributed by atoms with Crippen molar-refractivity contribution in [3.05, 3.63) is 82.9 Å². The summed E-state index contributed by atoms with van der Waals surface area (Å²) in [6, 6.07) is 14.3. The Balaban J connectivity index is 2.25. The molecule has 0 aliphatic carbocycles. The predicted molar refractivity (Wildman–Crippen MR) is 96.1 cm³/mol. The van der Waals surface area contributed by atoms with Gasteiger partial charge in [-0.1, -0.05) is 60.7 Å². The Kier molecular flexibility index (Phi) is 6.78.